The molecule has 1 fully saturated rings. The van der Waals surface area contributed by atoms with Crippen LogP contribution in [0.4, 0.5) is 17.5 Å². The number of anilines is 3. The third-order valence-corrected chi connectivity index (χ3v) is 5.27. The summed E-state index contributed by atoms with van der Waals surface area (Å²) in [4.78, 5) is 21.0. The number of benzene rings is 1. The van der Waals surface area contributed by atoms with E-state index in [-0.39, 0.29) is 5.91 Å². The van der Waals surface area contributed by atoms with Gasteiger partial charge in [-0.25, -0.2) is 4.98 Å². The zero-order valence-electron chi connectivity index (χ0n) is 16.0. The summed E-state index contributed by atoms with van der Waals surface area (Å²) in [6.07, 6.45) is 1.80. The highest BCUT2D eigenvalue weighted by Gasteiger charge is 2.23. The van der Waals surface area contributed by atoms with Gasteiger partial charge >= 0.3 is 0 Å². The summed E-state index contributed by atoms with van der Waals surface area (Å²) in [6, 6.07) is 15.2. The van der Waals surface area contributed by atoms with E-state index in [1.54, 1.807) is 6.20 Å². The van der Waals surface area contributed by atoms with E-state index in [0.29, 0.717) is 24.5 Å². The average molecular weight is 453 g/mol. The van der Waals surface area contributed by atoms with Crippen molar-refractivity contribution in [3.63, 3.8) is 0 Å². The van der Waals surface area contributed by atoms with Crippen molar-refractivity contribution >= 4 is 39.3 Å². The number of carbonyl (C=O) groups is 1. The number of amides is 1. The molecule has 3 heterocycles. The fourth-order valence-electron chi connectivity index (χ4n) is 3.18. The molecule has 2 aromatic heterocycles. The zero-order valence-corrected chi connectivity index (χ0v) is 17.6. The maximum Gasteiger partial charge on any atom is 0.254 e. The van der Waals surface area contributed by atoms with Gasteiger partial charge in [0.15, 0.2) is 11.6 Å². The molecule has 0 bridgehead atoms. The van der Waals surface area contributed by atoms with Gasteiger partial charge in [0.25, 0.3) is 5.91 Å². The van der Waals surface area contributed by atoms with E-state index in [1.807, 2.05) is 60.4 Å². The lowest BCUT2D eigenvalue weighted by molar-refractivity contribution is 0.0746. The quantitative estimate of drug-likeness (QED) is 0.650. The van der Waals surface area contributed by atoms with E-state index in [1.165, 1.54) is 0 Å². The Morgan fingerprint density at radius 3 is 2.45 bits per heavy atom. The van der Waals surface area contributed by atoms with Crippen molar-refractivity contribution in [3.8, 4) is 0 Å². The number of piperazine rings is 1. The number of halogens is 1. The second-order valence-electron chi connectivity index (χ2n) is 6.91. The minimum absolute atomic E-state index is 0.0576. The van der Waals surface area contributed by atoms with Crippen LogP contribution in [0.3, 0.4) is 0 Å². The van der Waals surface area contributed by atoms with Gasteiger partial charge in [0.2, 0.25) is 0 Å². The minimum atomic E-state index is 0.0576. The third-order valence-electron chi connectivity index (χ3n) is 4.78. The normalized spacial score (nSPS) is 14.0. The van der Waals surface area contributed by atoms with Crippen LogP contribution in [0.25, 0.3) is 0 Å². The summed E-state index contributed by atoms with van der Waals surface area (Å²) in [5.41, 5.74) is 1.81. The van der Waals surface area contributed by atoms with E-state index < -0.39 is 0 Å². The molecular weight excluding hydrogens is 432 g/mol. The van der Waals surface area contributed by atoms with Gasteiger partial charge in [0.05, 0.1) is 0 Å². The highest BCUT2D eigenvalue weighted by atomic mass is 79.9. The fourth-order valence-corrected chi connectivity index (χ4v) is 3.58. The van der Waals surface area contributed by atoms with E-state index in [4.69, 9.17) is 0 Å². The molecule has 0 aliphatic carbocycles. The molecule has 1 amide bonds. The largest absolute Gasteiger partial charge is 0.352 e. The number of carbonyl (C=O) groups excluding carboxylic acids is 1. The summed E-state index contributed by atoms with van der Waals surface area (Å²) < 4.78 is 0.909. The van der Waals surface area contributed by atoms with E-state index in [9.17, 15) is 4.79 Å². The van der Waals surface area contributed by atoms with Crippen LogP contribution in [-0.4, -0.2) is 52.2 Å². The number of rotatable bonds is 4. The van der Waals surface area contributed by atoms with Crippen molar-refractivity contribution < 1.29 is 4.79 Å². The first-order chi connectivity index (χ1) is 14.1. The van der Waals surface area contributed by atoms with E-state index in [2.05, 4.69) is 41.3 Å². The summed E-state index contributed by atoms with van der Waals surface area (Å²) in [7, 11) is 0. The Labute approximate surface area is 177 Å². The molecule has 0 atom stereocenters. The summed E-state index contributed by atoms with van der Waals surface area (Å²) in [5, 5.41) is 11.7. The lowest BCUT2D eigenvalue weighted by Gasteiger charge is -2.35. The Bertz CT molecular complexity index is 985. The van der Waals surface area contributed by atoms with Gasteiger partial charge in [0.1, 0.15) is 5.82 Å². The predicted molar refractivity (Wildman–Crippen MR) is 117 cm³/mol. The molecular formula is C21H21BrN6O. The molecule has 4 rings (SSSR count). The lowest BCUT2D eigenvalue weighted by Crippen LogP contribution is -2.49. The first-order valence-corrected chi connectivity index (χ1v) is 10.2. The molecule has 0 radical (unpaired) electrons. The van der Waals surface area contributed by atoms with E-state index >= 15 is 0 Å². The first-order valence-electron chi connectivity index (χ1n) is 9.42. The lowest BCUT2D eigenvalue weighted by atomic mass is 10.2. The van der Waals surface area contributed by atoms with Gasteiger partial charge in [0, 0.05) is 42.4 Å². The molecule has 29 heavy (non-hydrogen) atoms. The van der Waals surface area contributed by atoms with Gasteiger partial charge in [-0.15, -0.1) is 10.2 Å². The number of nitrogens with one attached hydrogen (secondary N) is 1. The number of aromatic nitrogens is 3. The first kappa shape index (κ1) is 19.3. The topological polar surface area (TPSA) is 74.2 Å². The number of aryl methyl sites for hydroxylation is 1. The molecule has 7 nitrogen and oxygen atoms in total. The molecule has 8 heteroatoms. The molecule has 1 aromatic carbocycles. The molecule has 1 N–H and O–H groups in total. The van der Waals surface area contributed by atoms with Crippen LogP contribution < -0.4 is 10.2 Å². The van der Waals surface area contributed by atoms with Gasteiger partial charge < -0.3 is 15.1 Å². The molecule has 148 valence electrons. The van der Waals surface area contributed by atoms with Crippen LogP contribution in [0.2, 0.25) is 0 Å². The molecule has 1 aliphatic rings. The monoisotopic (exact) mass is 452 g/mol. The summed E-state index contributed by atoms with van der Waals surface area (Å²) in [6.45, 7) is 4.75. The molecule has 0 saturated carbocycles. The van der Waals surface area contributed by atoms with Crippen LogP contribution in [0.5, 0.6) is 0 Å². The number of nitrogens with zero attached hydrogens (tertiary/aromatic N) is 5. The van der Waals surface area contributed by atoms with Crippen molar-refractivity contribution in [1.29, 1.82) is 0 Å². The van der Waals surface area contributed by atoms with Crippen molar-refractivity contribution in [2.45, 2.75) is 6.92 Å². The Hall–Kier alpha value is -3.00. The number of hydrogen-bond donors (Lipinski definition) is 1. The Morgan fingerprint density at radius 1 is 1.00 bits per heavy atom. The van der Waals surface area contributed by atoms with Crippen LogP contribution >= 0.6 is 15.9 Å². The average Bonchev–Trinajstić information content (AvgIpc) is 2.75. The maximum atomic E-state index is 12.7. The molecule has 0 unspecified atom stereocenters. The van der Waals surface area contributed by atoms with Gasteiger partial charge in [-0.3, -0.25) is 4.79 Å². The van der Waals surface area contributed by atoms with E-state index in [0.717, 1.165) is 34.8 Å². The van der Waals surface area contributed by atoms with Gasteiger partial charge in [-0.05, 0) is 48.9 Å². The highest BCUT2D eigenvalue weighted by Crippen LogP contribution is 2.18. The highest BCUT2D eigenvalue weighted by molar-refractivity contribution is 9.10. The predicted octanol–water partition coefficient (Wildman–Crippen LogP) is 3.65. The van der Waals surface area contributed by atoms with Gasteiger partial charge in [-0.2, -0.15) is 0 Å². The summed E-state index contributed by atoms with van der Waals surface area (Å²) >= 11 is 3.42. The summed E-state index contributed by atoms with van der Waals surface area (Å²) in [5.74, 6) is 2.25. The van der Waals surface area contributed by atoms with Crippen molar-refractivity contribution in [1.82, 2.24) is 20.1 Å². The Kier molecular flexibility index (Phi) is 5.71. The zero-order chi connectivity index (χ0) is 20.2. The second-order valence-corrected chi connectivity index (χ2v) is 7.83. The SMILES string of the molecule is Cc1ccc(Nc2ccc(N3CCN(C(=O)c4cccc(Br)c4)CC3)nn2)nc1. The molecule has 0 spiro atoms. The third kappa shape index (κ3) is 4.71. The smallest absolute Gasteiger partial charge is 0.254 e. The number of pyridine rings is 1. The van der Waals surface area contributed by atoms with Crippen molar-refractivity contribution in [2.24, 2.45) is 0 Å². The Balaban J connectivity index is 1.35. The van der Waals surface area contributed by atoms with Crippen molar-refractivity contribution in [2.75, 3.05) is 36.4 Å². The second kappa shape index (κ2) is 8.57. The fraction of sp³-hybridized carbons (Fsp3) is 0.238. The maximum absolute atomic E-state index is 12.7. The number of hydrogen-bond acceptors (Lipinski definition) is 6. The molecule has 1 aliphatic heterocycles. The molecule has 1 saturated heterocycles. The van der Waals surface area contributed by atoms with Crippen LogP contribution in [0.1, 0.15) is 15.9 Å². The van der Waals surface area contributed by atoms with Crippen LogP contribution in [-0.2, 0) is 0 Å². The molecule has 3 aromatic rings. The van der Waals surface area contributed by atoms with Crippen LogP contribution in [0, 0.1) is 6.92 Å². The van der Waals surface area contributed by atoms with Crippen LogP contribution in [0.15, 0.2) is 59.2 Å². The Morgan fingerprint density at radius 2 is 1.79 bits per heavy atom. The standard InChI is InChI=1S/C21H21BrN6O/c1-15-5-6-18(23-14-15)24-19-7-8-20(26-25-19)27-9-11-28(12-10-27)21(29)16-3-2-4-17(22)13-16/h2-8,13-14H,9-12H2,1H3,(H,23,24,25). The van der Waals surface area contributed by atoms with Gasteiger partial charge in [-0.1, -0.05) is 28.1 Å². The van der Waals surface area contributed by atoms with Crippen molar-refractivity contribution in [3.05, 3.63) is 70.3 Å². The minimum Gasteiger partial charge on any atom is -0.352 e.